The Kier molecular flexibility index (Phi) is 5.09. The van der Waals surface area contributed by atoms with Crippen LogP contribution < -0.4 is 19.9 Å². The quantitative estimate of drug-likeness (QED) is 0.374. The Hall–Kier alpha value is -3.35. The van der Waals surface area contributed by atoms with E-state index in [9.17, 15) is 9.90 Å². The number of carbonyl (C=O) groups is 1. The summed E-state index contributed by atoms with van der Waals surface area (Å²) in [7, 11) is 2.94. The first kappa shape index (κ1) is 19.4. The molecule has 3 N–H and O–H groups in total. The number of anilines is 1. The van der Waals surface area contributed by atoms with Crippen LogP contribution >= 0.6 is 0 Å². The van der Waals surface area contributed by atoms with Gasteiger partial charge in [-0.3, -0.25) is 4.79 Å². The molecular weight excluding hydrogens is 362 g/mol. The number of carbonyl (C=O) groups excluding carboxylic acids is 1. The lowest BCUT2D eigenvalue weighted by atomic mass is 9.99. The Balaban J connectivity index is 2.20. The van der Waals surface area contributed by atoms with Crippen molar-refractivity contribution in [3.05, 3.63) is 41.2 Å². The van der Waals surface area contributed by atoms with E-state index in [1.165, 1.54) is 19.2 Å². The van der Waals surface area contributed by atoms with Gasteiger partial charge in [0.15, 0.2) is 28.6 Å². The molecule has 1 aromatic heterocycles. The van der Waals surface area contributed by atoms with Gasteiger partial charge in [-0.25, -0.2) is 0 Å². The van der Waals surface area contributed by atoms with Crippen molar-refractivity contribution in [3.63, 3.8) is 0 Å². The fraction of sp³-hybridized carbons (Fsp3) is 0.286. The van der Waals surface area contributed by atoms with Crippen molar-refractivity contribution in [1.29, 1.82) is 0 Å². The van der Waals surface area contributed by atoms with Crippen LogP contribution in [0.5, 0.6) is 23.0 Å². The zero-order valence-electron chi connectivity index (χ0n) is 16.5. The number of phenolic OH excluding ortho intramolecular Hbond substituents is 1. The lowest BCUT2D eigenvalue weighted by molar-refractivity contribution is 0.103. The Morgan fingerprint density at radius 1 is 1.14 bits per heavy atom. The molecule has 148 valence electrons. The summed E-state index contributed by atoms with van der Waals surface area (Å²) in [4.78, 5) is 13.2. The van der Waals surface area contributed by atoms with Gasteiger partial charge in [0.05, 0.1) is 31.6 Å². The predicted molar refractivity (Wildman–Crippen MR) is 106 cm³/mol. The zero-order chi connectivity index (χ0) is 20.6. The van der Waals surface area contributed by atoms with E-state index in [0.717, 1.165) is 0 Å². The molecule has 0 unspecified atom stereocenters. The molecule has 3 rings (SSSR count). The molecule has 0 bridgehead atoms. The number of furan rings is 1. The number of nitrogen functional groups attached to an aromatic ring is 1. The average Bonchev–Trinajstić information content (AvgIpc) is 2.99. The highest BCUT2D eigenvalue weighted by molar-refractivity contribution is 6.18. The topological polar surface area (TPSA) is 104 Å². The monoisotopic (exact) mass is 385 g/mol. The Bertz CT molecular complexity index is 1050. The number of hydrogen-bond acceptors (Lipinski definition) is 7. The highest BCUT2D eigenvalue weighted by atomic mass is 16.5. The lowest BCUT2D eigenvalue weighted by Crippen LogP contribution is -2.07. The molecule has 0 saturated carbocycles. The molecule has 2 aromatic carbocycles. The van der Waals surface area contributed by atoms with Gasteiger partial charge in [0.25, 0.3) is 0 Å². The number of rotatable bonds is 6. The molecule has 0 aliphatic heterocycles. The number of benzene rings is 2. The summed E-state index contributed by atoms with van der Waals surface area (Å²) in [6.07, 6.45) is -0.106. The fourth-order valence-corrected chi connectivity index (χ4v) is 3.09. The van der Waals surface area contributed by atoms with Crippen LogP contribution in [0.2, 0.25) is 0 Å². The summed E-state index contributed by atoms with van der Waals surface area (Å²) in [5, 5.41) is 10.5. The largest absolute Gasteiger partial charge is 0.503 e. The number of aryl methyl sites for hydroxylation is 1. The summed E-state index contributed by atoms with van der Waals surface area (Å²) >= 11 is 0. The zero-order valence-corrected chi connectivity index (χ0v) is 16.5. The van der Waals surface area contributed by atoms with Gasteiger partial charge < -0.3 is 29.5 Å². The summed E-state index contributed by atoms with van der Waals surface area (Å²) in [5.74, 6) is 1.02. The van der Waals surface area contributed by atoms with Crippen molar-refractivity contribution in [3.8, 4) is 23.0 Å². The first-order valence-corrected chi connectivity index (χ1v) is 8.76. The minimum Gasteiger partial charge on any atom is -0.503 e. The highest BCUT2D eigenvalue weighted by Crippen LogP contribution is 2.41. The molecule has 0 aliphatic rings. The molecule has 7 heteroatoms. The summed E-state index contributed by atoms with van der Waals surface area (Å²) < 4.78 is 22.2. The normalized spacial score (nSPS) is 11.1. The summed E-state index contributed by atoms with van der Waals surface area (Å²) in [6, 6.07) is 6.35. The second kappa shape index (κ2) is 7.34. The summed E-state index contributed by atoms with van der Waals surface area (Å²) in [5.41, 5.74) is 6.97. The lowest BCUT2D eigenvalue weighted by Gasteiger charge is -2.13. The number of ether oxygens (including phenoxy) is 3. The van der Waals surface area contributed by atoms with E-state index in [4.69, 9.17) is 24.4 Å². The van der Waals surface area contributed by atoms with Crippen LogP contribution in [-0.2, 0) is 0 Å². The maximum atomic E-state index is 13.2. The van der Waals surface area contributed by atoms with Gasteiger partial charge >= 0.3 is 0 Å². The third-order valence-corrected chi connectivity index (χ3v) is 4.34. The van der Waals surface area contributed by atoms with Crippen LogP contribution in [0.4, 0.5) is 5.69 Å². The molecule has 0 aliphatic carbocycles. The number of hydrogen-bond donors (Lipinski definition) is 2. The van der Waals surface area contributed by atoms with Crippen LogP contribution in [-0.4, -0.2) is 31.2 Å². The van der Waals surface area contributed by atoms with Crippen LogP contribution in [0.25, 0.3) is 11.0 Å². The van der Waals surface area contributed by atoms with E-state index in [2.05, 4.69) is 0 Å². The molecule has 0 amide bonds. The van der Waals surface area contributed by atoms with Gasteiger partial charge in [-0.1, -0.05) is 0 Å². The van der Waals surface area contributed by atoms with Crippen molar-refractivity contribution in [2.75, 3.05) is 20.0 Å². The van der Waals surface area contributed by atoms with Crippen molar-refractivity contribution >= 4 is 22.4 Å². The predicted octanol–water partition coefficient (Wildman–Crippen LogP) is 4.06. The number of phenols is 1. The minimum atomic E-state index is -0.304. The highest BCUT2D eigenvalue weighted by Gasteiger charge is 2.25. The molecule has 0 fully saturated rings. The number of aromatic hydroxyl groups is 1. The SMILES string of the molecule is COc1cc(C(=O)c2c(C)oc3c(OC(C)C)c(OC)ccc23)cc(N)c1O. The molecule has 3 aromatic rings. The molecule has 0 atom stereocenters. The Morgan fingerprint density at radius 3 is 2.43 bits per heavy atom. The van der Waals surface area contributed by atoms with Crippen LogP contribution in [0.3, 0.4) is 0 Å². The number of ketones is 1. The maximum Gasteiger partial charge on any atom is 0.205 e. The van der Waals surface area contributed by atoms with Crippen LogP contribution in [0.1, 0.15) is 35.5 Å². The minimum absolute atomic E-state index is 0.0543. The van der Waals surface area contributed by atoms with Gasteiger partial charge in [0.1, 0.15) is 5.76 Å². The van der Waals surface area contributed by atoms with Gasteiger partial charge in [0, 0.05) is 10.9 Å². The molecule has 7 nitrogen and oxygen atoms in total. The first-order valence-electron chi connectivity index (χ1n) is 8.76. The van der Waals surface area contributed by atoms with E-state index in [1.807, 2.05) is 13.8 Å². The fourth-order valence-electron chi connectivity index (χ4n) is 3.09. The summed E-state index contributed by atoms with van der Waals surface area (Å²) in [6.45, 7) is 5.50. The molecule has 0 saturated heterocycles. The maximum absolute atomic E-state index is 13.2. The van der Waals surface area contributed by atoms with Gasteiger partial charge in [-0.05, 0) is 45.0 Å². The van der Waals surface area contributed by atoms with Crippen LogP contribution in [0.15, 0.2) is 28.7 Å². The molecule has 1 heterocycles. The van der Waals surface area contributed by atoms with Crippen molar-refractivity contribution < 1.29 is 28.5 Å². The van der Waals surface area contributed by atoms with E-state index in [0.29, 0.717) is 33.8 Å². The third-order valence-electron chi connectivity index (χ3n) is 4.34. The van der Waals surface area contributed by atoms with Crippen molar-refractivity contribution in [2.24, 2.45) is 0 Å². The standard InChI is InChI=1S/C21H23NO6/c1-10(2)27-21-15(25-4)7-6-13-17(11(3)28-20(13)21)18(23)12-8-14(22)19(24)16(9-12)26-5/h6-10,24H,22H2,1-5H3. The second-order valence-corrected chi connectivity index (χ2v) is 6.62. The molecule has 0 spiro atoms. The Morgan fingerprint density at radius 2 is 1.82 bits per heavy atom. The van der Waals surface area contributed by atoms with E-state index < -0.39 is 0 Å². The van der Waals surface area contributed by atoms with E-state index in [-0.39, 0.29) is 34.6 Å². The molecule has 0 radical (unpaired) electrons. The Labute approximate surface area is 162 Å². The van der Waals surface area contributed by atoms with E-state index >= 15 is 0 Å². The van der Waals surface area contributed by atoms with Gasteiger partial charge in [0.2, 0.25) is 5.75 Å². The van der Waals surface area contributed by atoms with Crippen molar-refractivity contribution in [1.82, 2.24) is 0 Å². The number of nitrogens with two attached hydrogens (primary N) is 1. The molecular formula is C21H23NO6. The van der Waals surface area contributed by atoms with Gasteiger partial charge in [-0.2, -0.15) is 0 Å². The second-order valence-electron chi connectivity index (χ2n) is 6.62. The van der Waals surface area contributed by atoms with E-state index in [1.54, 1.807) is 26.2 Å². The molecule has 28 heavy (non-hydrogen) atoms. The van der Waals surface area contributed by atoms with Crippen molar-refractivity contribution in [2.45, 2.75) is 26.9 Å². The number of methoxy groups -OCH3 is 2. The first-order chi connectivity index (χ1) is 13.3. The van der Waals surface area contributed by atoms with Gasteiger partial charge in [-0.15, -0.1) is 0 Å². The average molecular weight is 385 g/mol. The smallest absolute Gasteiger partial charge is 0.205 e. The number of fused-ring (bicyclic) bond motifs is 1. The van der Waals surface area contributed by atoms with Crippen LogP contribution in [0, 0.1) is 6.92 Å². The third kappa shape index (κ3) is 3.19.